The summed E-state index contributed by atoms with van der Waals surface area (Å²) in [6, 6.07) is 40.2. The molecule has 2 aromatic heterocycles. The molecule has 292 valence electrons. The zero-order chi connectivity index (χ0) is 39.2. The third kappa shape index (κ3) is 8.41. The van der Waals surface area contributed by atoms with E-state index in [4.69, 9.17) is 4.98 Å². The maximum atomic E-state index is 14.6. The number of aliphatic hydroxyl groups is 2. The normalized spacial score (nSPS) is 17.0. The first-order chi connectivity index (χ1) is 27.9. The van der Waals surface area contributed by atoms with Crippen LogP contribution in [-0.4, -0.2) is 60.9 Å². The molecule has 6 aromatic rings. The van der Waals surface area contributed by atoms with Gasteiger partial charge in [0.15, 0.2) is 0 Å². The number of rotatable bonds is 15. The van der Waals surface area contributed by atoms with Gasteiger partial charge in [-0.3, -0.25) is 9.59 Å². The molecular formula is C48H51N5O4. The van der Waals surface area contributed by atoms with Crippen molar-refractivity contribution in [1.82, 2.24) is 25.2 Å². The molecule has 2 heterocycles. The van der Waals surface area contributed by atoms with Crippen molar-refractivity contribution in [1.29, 1.82) is 0 Å². The SMILES string of the molecule is O=C(N[C@@H](Cc1cn(C(c2ccccc2)(c2ccccc2)c2ccccc2)cn1)C(=O)N[C@@H](CC1CCCCC1)[C@@H](O)[C@@H](O)C1CC1)c1ccc2ccccc2n1. The summed E-state index contributed by atoms with van der Waals surface area (Å²) in [4.78, 5) is 38.1. The number of pyridine rings is 1. The summed E-state index contributed by atoms with van der Waals surface area (Å²) in [5.41, 5.74) is 3.75. The number of benzene rings is 4. The standard InChI is InChI=1S/C48H51N5O4/c54-44(35-25-26-35)45(55)42(29-33-15-5-1-6-16-33)51-47(57)43(52-46(56)41-28-27-34-17-13-14-24-40(34)50-41)30-39-31-53(32-49-39)48(36-18-7-2-8-19-36,37-20-9-3-10-21-37)38-22-11-4-12-23-38/h2-4,7-14,17-24,27-28,31-33,35,42-45,54-55H,1,5-6,15-16,25-26,29-30H2,(H,51,57)(H,52,56)/t42-,43-,44-,45+/m0/s1. The van der Waals surface area contributed by atoms with Gasteiger partial charge >= 0.3 is 0 Å². The van der Waals surface area contributed by atoms with Gasteiger partial charge in [-0.1, -0.05) is 147 Å². The topological polar surface area (TPSA) is 129 Å². The second-order valence-corrected chi connectivity index (χ2v) is 15.9. The predicted octanol–water partition coefficient (Wildman–Crippen LogP) is 7.20. The summed E-state index contributed by atoms with van der Waals surface area (Å²) in [5, 5.41) is 29.7. The monoisotopic (exact) mass is 761 g/mol. The molecule has 0 unspecified atom stereocenters. The highest BCUT2D eigenvalue weighted by Gasteiger charge is 2.41. The molecular weight excluding hydrogens is 711 g/mol. The first-order valence-electron chi connectivity index (χ1n) is 20.4. The van der Waals surface area contributed by atoms with E-state index in [1.165, 1.54) is 6.42 Å². The number of para-hydroxylation sites is 1. The van der Waals surface area contributed by atoms with Crippen molar-refractivity contribution in [3.63, 3.8) is 0 Å². The van der Waals surface area contributed by atoms with E-state index in [-0.39, 0.29) is 18.0 Å². The van der Waals surface area contributed by atoms with Crippen LogP contribution in [0.3, 0.4) is 0 Å². The zero-order valence-electron chi connectivity index (χ0n) is 32.2. The summed E-state index contributed by atoms with van der Waals surface area (Å²) in [6.07, 6.45) is 9.52. The Morgan fingerprint density at radius 3 is 1.93 bits per heavy atom. The lowest BCUT2D eigenvalue weighted by Gasteiger charge is -2.37. The smallest absolute Gasteiger partial charge is 0.270 e. The molecule has 4 N–H and O–H groups in total. The molecule has 0 radical (unpaired) electrons. The highest BCUT2D eigenvalue weighted by atomic mass is 16.3. The average Bonchev–Trinajstić information content (AvgIpc) is 4.02. The molecule has 0 aliphatic heterocycles. The van der Waals surface area contributed by atoms with Crippen molar-refractivity contribution in [2.24, 2.45) is 11.8 Å². The molecule has 2 fully saturated rings. The molecule has 0 saturated heterocycles. The first-order valence-corrected chi connectivity index (χ1v) is 20.4. The van der Waals surface area contributed by atoms with Crippen molar-refractivity contribution in [2.75, 3.05) is 0 Å². The Morgan fingerprint density at radius 1 is 0.719 bits per heavy atom. The van der Waals surface area contributed by atoms with Gasteiger partial charge in [-0.2, -0.15) is 0 Å². The third-order valence-corrected chi connectivity index (χ3v) is 12.0. The number of aliphatic hydroxyl groups excluding tert-OH is 2. The largest absolute Gasteiger partial charge is 0.390 e. The van der Waals surface area contributed by atoms with Crippen LogP contribution < -0.4 is 10.6 Å². The molecule has 4 atom stereocenters. The maximum Gasteiger partial charge on any atom is 0.270 e. The predicted molar refractivity (Wildman–Crippen MR) is 221 cm³/mol. The number of fused-ring (bicyclic) bond motifs is 1. The fraction of sp³-hybridized carbons (Fsp3) is 0.333. The summed E-state index contributed by atoms with van der Waals surface area (Å²) in [6.45, 7) is 0. The van der Waals surface area contributed by atoms with E-state index in [0.717, 1.165) is 60.6 Å². The van der Waals surface area contributed by atoms with Gasteiger partial charge in [-0.05, 0) is 59.9 Å². The fourth-order valence-electron chi connectivity index (χ4n) is 8.78. The van der Waals surface area contributed by atoms with Crippen LogP contribution in [0.15, 0.2) is 140 Å². The number of amides is 2. The van der Waals surface area contributed by atoms with Crippen LogP contribution in [0, 0.1) is 11.8 Å². The van der Waals surface area contributed by atoms with E-state index in [0.29, 0.717) is 23.5 Å². The van der Waals surface area contributed by atoms with Gasteiger partial charge in [0.2, 0.25) is 5.91 Å². The van der Waals surface area contributed by atoms with Gasteiger partial charge in [0, 0.05) is 18.0 Å². The van der Waals surface area contributed by atoms with Crippen LogP contribution in [0.5, 0.6) is 0 Å². The molecule has 2 aliphatic carbocycles. The number of nitrogens with zero attached hydrogens (tertiary/aromatic N) is 3. The highest BCUT2D eigenvalue weighted by Crippen LogP contribution is 2.41. The highest BCUT2D eigenvalue weighted by molar-refractivity contribution is 5.98. The van der Waals surface area contributed by atoms with Crippen LogP contribution in [0.4, 0.5) is 0 Å². The lowest BCUT2D eigenvalue weighted by molar-refractivity contribution is -0.125. The average molecular weight is 762 g/mol. The van der Waals surface area contributed by atoms with E-state index in [2.05, 4.69) is 56.6 Å². The molecule has 9 heteroatoms. The Labute approximate surface area is 334 Å². The zero-order valence-corrected chi connectivity index (χ0v) is 32.2. The Kier molecular flexibility index (Phi) is 11.6. The molecule has 2 amide bonds. The number of carbonyl (C=O) groups is 2. The molecule has 2 aliphatic rings. The second kappa shape index (κ2) is 17.2. The van der Waals surface area contributed by atoms with Crippen LogP contribution >= 0.6 is 0 Å². The van der Waals surface area contributed by atoms with Crippen molar-refractivity contribution in [3.8, 4) is 0 Å². The Balaban J connectivity index is 1.15. The number of hydrogen-bond donors (Lipinski definition) is 4. The van der Waals surface area contributed by atoms with Gasteiger partial charge in [0.1, 0.15) is 23.4 Å². The number of imidazole rings is 1. The number of hydrogen-bond acceptors (Lipinski definition) is 6. The van der Waals surface area contributed by atoms with Crippen LogP contribution in [0.1, 0.15) is 84.2 Å². The Morgan fingerprint density at radius 2 is 1.32 bits per heavy atom. The number of nitrogens with one attached hydrogen (secondary N) is 2. The molecule has 4 aromatic carbocycles. The van der Waals surface area contributed by atoms with Gasteiger partial charge in [0.25, 0.3) is 5.91 Å². The minimum atomic E-state index is -1.12. The van der Waals surface area contributed by atoms with E-state index in [1.54, 1.807) is 12.4 Å². The van der Waals surface area contributed by atoms with Crippen molar-refractivity contribution >= 4 is 22.7 Å². The molecule has 0 bridgehead atoms. The lowest BCUT2D eigenvalue weighted by atomic mass is 9.77. The lowest BCUT2D eigenvalue weighted by Crippen LogP contribution is -2.56. The quantitative estimate of drug-likeness (QED) is 0.0820. The van der Waals surface area contributed by atoms with E-state index < -0.39 is 41.6 Å². The molecule has 0 spiro atoms. The molecule has 9 nitrogen and oxygen atoms in total. The summed E-state index contributed by atoms with van der Waals surface area (Å²) < 4.78 is 2.09. The van der Waals surface area contributed by atoms with E-state index >= 15 is 0 Å². The minimum absolute atomic E-state index is 0.0308. The van der Waals surface area contributed by atoms with Gasteiger partial charge in [-0.25, -0.2) is 9.97 Å². The fourth-order valence-corrected chi connectivity index (χ4v) is 8.78. The van der Waals surface area contributed by atoms with Gasteiger partial charge in [0.05, 0.1) is 29.7 Å². The van der Waals surface area contributed by atoms with E-state index in [1.807, 2.05) is 91.1 Å². The third-order valence-electron chi connectivity index (χ3n) is 12.0. The second-order valence-electron chi connectivity index (χ2n) is 15.9. The minimum Gasteiger partial charge on any atom is -0.390 e. The molecule has 57 heavy (non-hydrogen) atoms. The molecule has 8 rings (SSSR count). The summed E-state index contributed by atoms with van der Waals surface area (Å²) in [5.74, 6) is -0.571. The van der Waals surface area contributed by atoms with Crippen molar-refractivity contribution in [2.45, 2.75) is 87.6 Å². The van der Waals surface area contributed by atoms with Gasteiger partial charge < -0.3 is 25.4 Å². The Bertz CT molecular complexity index is 2160. The maximum absolute atomic E-state index is 14.6. The summed E-state index contributed by atoms with van der Waals surface area (Å²) in [7, 11) is 0. The van der Waals surface area contributed by atoms with Crippen LogP contribution in [0.2, 0.25) is 0 Å². The van der Waals surface area contributed by atoms with Crippen molar-refractivity contribution < 1.29 is 19.8 Å². The van der Waals surface area contributed by atoms with Crippen molar-refractivity contribution in [3.05, 3.63) is 168 Å². The van der Waals surface area contributed by atoms with E-state index in [9.17, 15) is 19.8 Å². The summed E-state index contributed by atoms with van der Waals surface area (Å²) >= 11 is 0. The number of carbonyl (C=O) groups excluding carboxylic acids is 2. The number of aromatic nitrogens is 3. The molecule has 2 saturated carbocycles. The van der Waals surface area contributed by atoms with Crippen LogP contribution in [-0.2, 0) is 16.8 Å². The Hall–Kier alpha value is -5.64. The van der Waals surface area contributed by atoms with Crippen LogP contribution in [0.25, 0.3) is 10.9 Å². The van der Waals surface area contributed by atoms with Gasteiger partial charge in [-0.15, -0.1) is 0 Å². The first kappa shape index (κ1) is 38.2.